The van der Waals surface area contributed by atoms with E-state index in [9.17, 15) is 5.11 Å². The van der Waals surface area contributed by atoms with Gasteiger partial charge in [0.1, 0.15) is 0 Å². The lowest BCUT2D eigenvalue weighted by Crippen LogP contribution is -2.21. The Balaban J connectivity index is 2.19. The number of hydrogen-bond acceptors (Lipinski definition) is 1. The lowest BCUT2D eigenvalue weighted by atomic mass is 9.82. The Bertz CT molecular complexity index is 144. The van der Waals surface area contributed by atoms with Crippen molar-refractivity contribution in [2.24, 2.45) is 11.3 Å². The molecule has 0 aromatic heterocycles. The van der Waals surface area contributed by atoms with Crippen LogP contribution in [-0.2, 0) is 0 Å². The van der Waals surface area contributed by atoms with E-state index in [1.807, 2.05) is 0 Å². The van der Waals surface area contributed by atoms with Gasteiger partial charge in [-0.1, -0.05) is 13.3 Å². The Hall–Kier alpha value is -0.0400. The van der Waals surface area contributed by atoms with Gasteiger partial charge in [0, 0.05) is 0 Å². The van der Waals surface area contributed by atoms with Crippen LogP contribution in [0.15, 0.2) is 0 Å². The molecule has 1 nitrogen and oxygen atoms in total. The summed E-state index contributed by atoms with van der Waals surface area (Å²) in [4.78, 5) is 0. The van der Waals surface area contributed by atoms with E-state index in [1.54, 1.807) is 0 Å². The topological polar surface area (TPSA) is 20.2 Å². The second-order valence-electron chi connectivity index (χ2n) is 4.26. The molecule has 2 aliphatic rings. The fraction of sp³-hybridized carbons (Fsp3) is 1.00. The predicted octanol–water partition coefficient (Wildman–Crippen LogP) is 1.95. The maximum absolute atomic E-state index is 9.56. The van der Waals surface area contributed by atoms with Crippen LogP contribution in [0, 0.1) is 11.3 Å². The highest BCUT2D eigenvalue weighted by Gasteiger charge is 2.46. The van der Waals surface area contributed by atoms with Crippen molar-refractivity contribution >= 4 is 0 Å². The minimum Gasteiger partial charge on any atom is -0.393 e. The summed E-state index contributed by atoms with van der Waals surface area (Å²) < 4.78 is 0. The van der Waals surface area contributed by atoms with Gasteiger partial charge >= 0.3 is 0 Å². The summed E-state index contributed by atoms with van der Waals surface area (Å²) >= 11 is 0. The fourth-order valence-electron chi connectivity index (χ4n) is 2.91. The number of aliphatic hydroxyl groups is 1. The van der Waals surface area contributed by atoms with Crippen LogP contribution in [0.3, 0.4) is 0 Å². The second-order valence-corrected chi connectivity index (χ2v) is 4.26. The maximum Gasteiger partial charge on any atom is 0.0573 e. The molecule has 2 fully saturated rings. The van der Waals surface area contributed by atoms with Gasteiger partial charge in [0.15, 0.2) is 0 Å². The van der Waals surface area contributed by atoms with Crippen molar-refractivity contribution in [2.45, 2.75) is 45.1 Å². The predicted molar refractivity (Wildman–Crippen MR) is 40.7 cm³/mol. The average Bonchev–Trinajstić information content (AvgIpc) is 2.35. The summed E-state index contributed by atoms with van der Waals surface area (Å²) in [5.74, 6) is 0.646. The van der Waals surface area contributed by atoms with Crippen molar-refractivity contribution in [1.82, 2.24) is 0 Å². The first-order valence-electron chi connectivity index (χ1n) is 4.40. The molecule has 1 N–H and O–H groups in total. The van der Waals surface area contributed by atoms with Gasteiger partial charge in [-0.05, 0) is 37.0 Å². The normalized spacial score (nSPS) is 53.4. The molecule has 0 amide bonds. The standard InChI is InChI=1S/C9H16O/c1-9-5-2-3-7(9)8(10)4-6-9/h7-8,10H,2-6H2,1H3/t7-,8?,9+/m0/s1. The Morgan fingerprint density at radius 1 is 1.30 bits per heavy atom. The zero-order valence-corrected chi connectivity index (χ0v) is 6.64. The van der Waals surface area contributed by atoms with Crippen molar-refractivity contribution in [3.8, 4) is 0 Å². The second kappa shape index (κ2) is 1.97. The summed E-state index contributed by atoms with van der Waals surface area (Å²) in [6.07, 6.45) is 6.33. The first-order chi connectivity index (χ1) is 4.72. The minimum absolute atomic E-state index is 0.0347. The summed E-state index contributed by atoms with van der Waals surface area (Å²) in [6, 6.07) is 0. The molecule has 0 heterocycles. The third-order valence-electron chi connectivity index (χ3n) is 3.63. The van der Waals surface area contributed by atoms with Crippen LogP contribution in [0.1, 0.15) is 39.0 Å². The van der Waals surface area contributed by atoms with Gasteiger partial charge in [-0.3, -0.25) is 0 Å². The van der Waals surface area contributed by atoms with Crippen molar-refractivity contribution in [1.29, 1.82) is 0 Å². The highest BCUT2D eigenvalue weighted by Crippen LogP contribution is 2.53. The van der Waals surface area contributed by atoms with Gasteiger partial charge in [-0.15, -0.1) is 0 Å². The Labute approximate surface area is 62.4 Å². The molecule has 2 saturated carbocycles. The zero-order valence-electron chi connectivity index (χ0n) is 6.64. The molecule has 0 aromatic rings. The van der Waals surface area contributed by atoms with Crippen LogP contribution in [0.4, 0.5) is 0 Å². The Kier molecular flexibility index (Phi) is 1.31. The molecule has 0 aliphatic heterocycles. The monoisotopic (exact) mass is 140 g/mol. The average molecular weight is 140 g/mol. The van der Waals surface area contributed by atoms with E-state index in [2.05, 4.69) is 6.92 Å². The molecule has 2 aliphatic carbocycles. The molecular weight excluding hydrogens is 124 g/mol. The Morgan fingerprint density at radius 3 is 2.80 bits per heavy atom. The van der Waals surface area contributed by atoms with E-state index in [0.29, 0.717) is 11.3 Å². The fourth-order valence-corrected chi connectivity index (χ4v) is 2.91. The van der Waals surface area contributed by atoms with Crippen LogP contribution in [0.5, 0.6) is 0 Å². The quantitative estimate of drug-likeness (QED) is 0.545. The molecule has 0 radical (unpaired) electrons. The molecule has 0 saturated heterocycles. The highest BCUT2D eigenvalue weighted by molar-refractivity contribution is 4.97. The number of aliphatic hydroxyl groups excluding tert-OH is 1. The van der Waals surface area contributed by atoms with E-state index < -0.39 is 0 Å². The first-order valence-corrected chi connectivity index (χ1v) is 4.40. The van der Waals surface area contributed by atoms with E-state index >= 15 is 0 Å². The minimum atomic E-state index is 0.0347. The van der Waals surface area contributed by atoms with Crippen LogP contribution >= 0.6 is 0 Å². The highest BCUT2D eigenvalue weighted by atomic mass is 16.3. The van der Waals surface area contributed by atoms with Crippen molar-refractivity contribution < 1.29 is 5.11 Å². The molecular formula is C9H16O. The third kappa shape index (κ3) is 0.731. The third-order valence-corrected chi connectivity index (χ3v) is 3.63. The van der Waals surface area contributed by atoms with E-state index in [0.717, 1.165) is 6.42 Å². The summed E-state index contributed by atoms with van der Waals surface area (Å²) in [7, 11) is 0. The maximum atomic E-state index is 9.56. The Morgan fingerprint density at radius 2 is 2.10 bits per heavy atom. The molecule has 1 heteroatoms. The van der Waals surface area contributed by atoms with E-state index in [1.165, 1.54) is 25.7 Å². The van der Waals surface area contributed by atoms with Crippen LogP contribution in [0.2, 0.25) is 0 Å². The zero-order chi connectivity index (χ0) is 7.19. The first kappa shape index (κ1) is 6.66. The molecule has 58 valence electrons. The summed E-state index contributed by atoms with van der Waals surface area (Å²) in [5.41, 5.74) is 0.527. The number of hydrogen-bond donors (Lipinski definition) is 1. The van der Waals surface area contributed by atoms with Crippen LogP contribution < -0.4 is 0 Å². The van der Waals surface area contributed by atoms with Gasteiger partial charge in [-0.25, -0.2) is 0 Å². The van der Waals surface area contributed by atoms with E-state index in [-0.39, 0.29) is 6.10 Å². The largest absolute Gasteiger partial charge is 0.393 e. The summed E-state index contributed by atoms with van der Waals surface area (Å²) in [5, 5.41) is 9.56. The van der Waals surface area contributed by atoms with Gasteiger partial charge in [0.25, 0.3) is 0 Å². The van der Waals surface area contributed by atoms with E-state index in [4.69, 9.17) is 0 Å². The smallest absolute Gasteiger partial charge is 0.0573 e. The lowest BCUT2D eigenvalue weighted by molar-refractivity contribution is 0.104. The van der Waals surface area contributed by atoms with Crippen molar-refractivity contribution in [3.63, 3.8) is 0 Å². The molecule has 10 heavy (non-hydrogen) atoms. The van der Waals surface area contributed by atoms with Crippen molar-refractivity contribution in [2.75, 3.05) is 0 Å². The van der Waals surface area contributed by atoms with Gasteiger partial charge in [0.2, 0.25) is 0 Å². The molecule has 0 aromatic carbocycles. The van der Waals surface area contributed by atoms with Gasteiger partial charge < -0.3 is 5.11 Å². The van der Waals surface area contributed by atoms with Gasteiger partial charge in [-0.2, -0.15) is 0 Å². The lowest BCUT2D eigenvalue weighted by Gasteiger charge is -2.24. The number of fused-ring (bicyclic) bond motifs is 1. The molecule has 0 bridgehead atoms. The number of rotatable bonds is 0. The van der Waals surface area contributed by atoms with Crippen LogP contribution in [0.25, 0.3) is 0 Å². The van der Waals surface area contributed by atoms with Gasteiger partial charge in [0.05, 0.1) is 6.10 Å². The van der Waals surface area contributed by atoms with Crippen molar-refractivity contribution in [3.05, 3.63) is 0 Å². The molecule has 3 atom stereocenters. The molecule has 1 unspecified atom stereocenters. The SMILES string of the molecule is C[C@]12CCC[C@H]1C(O)CC2. The molecule has 0 spiro atoms. The summed E-state index contributed by atoms with van der Waals surface area (Å²) in [6.45, 7) is 2.35. The molecule has 2 rings (SSSR count). The van der Waals surface area contributed by atoms with Crippen LogP contribution in [-0.4, -0.2) is 11.2 Å².